The first-order valence-electron chi connectivity index (χ1n) is 7.54. The van der Waals surface area contributed by atoms with E-state index in [-0.39, 0.29) is 17.1 Å². The monoisotopic (exact) mass is 373 g/mol. The molecule has 0 aliphatic rings. The van der Waals surface area contributed by atoms with Crippen molar-refractivity contribution in [3.05, 3.63) is 70.7 Å². The number of nitro benzene ring substituents is 1. The van der Waals surface area contributed by atoms with E-state index in [1.54, 1.807) is 30.2 Å². The number of non-ortho nitro benzene ring substituents is 1. The van der Waals surface area contributed by atoms with Crippen LogP contribution in [0.5, 0.6) is 0 Å². The zero-order valence-corrected chi connectivity index (χ0v) is 14.5. The minimum Gasteiger partial charge on any atom is -0.268 e. The van der Waals surface area contributed by atoms with Crippen molar-refractivity contribution < 1.29 is 13.3 Å². The van der Waals surface area contributed by atoms with Crippen molar-refractivity contribution in [1.29, 1.82) is 0 Å². The summed E-state index contributed by atoms with van der Waals surface area (Å²) in [5.41, 5.74) is 1.96. The molecule has 0 unspecified atom stereocenters. The van der Waals surface area contributed by atoms with Crippen molar-refractivity contribution in [3.63, 3.8) is 0 Å². The Labute approximate surface area is 149 Å². The van der Waals surface area contributed by atoms with Crippen LogP contribution in [0.3, 0.4) is 0 Å². The summed E-state index contributed by atoms with van der Waals surface area (Å²) in [4.78, 5) is 14.0. The highest BCUT2D eigenvalue weighted by Crippen LogP contribution is 2.20. The molecule has 0 saturated heterocycles. The van der Waals surface area contributed by atoms with Crippen LogP contribution in [0, 0.1) is 10.1 Å². The zero-order valence-electron chi connectivity index (χ0n) is 13.7. The third kappa shape index (κ3) is 3.76. The maximum absolute atomic E-state index is 12.4. The number of nitrogens with one attached hydrogen (secondary N) is 1. The molecule has 0 atom stereocenters. The van der Waals surface area contributed by atoms with Crippen LogP contribution >= 0.6 is 0 Å². The van der Waals surface area contributed by atoms with Crippen LogP contribution in [-0.2, 0) is 23.6 Å². The number of aromatic nitrogens is 3. The van der Waals surface area contributed by atoms with Gasteiger partial charge < -0.3 is 0 Å². The maximum atomic E-state index is 12.4. The first kappa shape index (κ1) is 17.7. The summed E-state index contributed by atoms with van der Waals surface area (Å²) in [6.07, 6.45) is 3.32. The van der Waals surface area contributed by atoms with Gasteiger partial charge in [0.1, 0.15) is 0 Å². The lowest BCUT2D eigenvalue weighted by Crippen LogP contribution is -2.23. The number of aryl methyl sites for hydroxylation is 1. The van der Waals surface area contributed by atoms with Gasteiger partial charge in [-0.05, 0) is 24.3 Å². The Balaban J connectivity index is 1.79. The molecule has 1 N–H and O–H groups in total. The fourth-order valence-electron chi connectivity index (χ4n) is 2.42. The van der Waals surface area contributed by atoms with Crippen molar-refractivity contribution in [2.24, 2.45) is 7.05 Å². The molecule has 0 saturated carbocycles. The second-order valence-electron chi connectivity index (χ2n) is 5.46. The van der Waals surface area contributed by atoms with E-state index >= 15 is 0 Å². The number of benzene rings is 1. The van der Waals surface area contributed by atoms with Crippen molar-refractivity contribution in [1.82, 2.24) is 19.5 Å². The predicted octanol–water partition coefficient (Wildman–Crippen LogP) is 1.87. The van der Waals surface area contributed by atoms with Crippen molar-refractivity contribution >= 4 is 15.7 Å². The second-order valence-corrected chi connectivity index (χ2v) is 7.23. The third-order valence-corrected chi connectivity index (χ3v) is 5.09. The van der Waals surface area contributed by atoms with E-state index < -0.39 is 14.9 Å². The molecular formula is C16H15N5O4S. The molecule has 3 rings (SSSR count). The lowest BCUT2D eigenvalue weighted by molar-refractivity contribution is -0.385. The standard InChI is InChI=1S/C16H15N5O4S/c1-20-16(12-5-7-17-8-6-12)9-13(19-20)11-18-26(24,25)15-4-2-3-14(10-15)21(22)23/h2-10,18H,11H2,1H3. The molecule has 10 heteroatoms. The van der Waals surface area contributed by atoms with E-state index in [1.165, 1.54) is 18.2 Å². The number of pyridine rings is 1. The van der Waals surface area contributed by atoms with E-state index in [0.717, 1.165) is 17.3 Å². The Morgan fingerprint density at radius 1 is 1.19 bits per heavy atom. The molecule has 0 aliphatic heterocycles. The highest BCUT2D eigenvalue weighted by atomic mass is 32.2. The quantitative estimate of drug-likeness (QED) is 0.520. The normalized spacial score (nSPS) is 11.4. The number of nitro groups is 1. The van der Waals surface area contributed by atoms with E-state index in [4.69, 9.17) is 0 Å². The van der Waals surface area contributed by atoms with Crippen molar-refractivity contribution in [3.8, 4) is 11.3 Å². The Bertz CT molecular complexity index is 1050. The Kier molecular flexibility index (Phi) is 4.78. The predicted molar refractivity (Wildman–Crippen MR) is 93.6 cm³/mol. The van der Waals surface area contributed by atoms with Crippen LogP contribution in [0.15, 0.2) is 59.8 Å². The topological polar surface area (TPSA) is 120 Å². The van der Waals surface area contributed by atoms with Crippen LogP contribution in [0.2, 0.25) is 0 Å². The zero-order chi connectivity index (χ0) is 18.7. The molecule has 0 amide bonds. The lowest BCUT2D eigenvalue weighted by Gasteiger charge is -2.05. The van der Waals surface area contributed by atoms with Crippen LogP contribution in [0.25, 0.3) is 11.3 Å². The molecule has 0 radical (unpaired) electrons. The van der Waals surface area contributed by atoms with E-state index in [9.17, 15) is 18.5 Å². The van der Waals surface area contributed by atoms with Gasteiger partial charge in [0.2, 0.25) is 10.0 Å². The van der Waals surface area contributed by atoms with E-state index in [0.29, 0.717) is 5.69 Å². The SMILES string of the molecule is Cn1nc(CNS(=O)(=O)c2cccc([N+](=O)[O-])c2)cc1-c1ccncc1. The number of hydrogen-bond acceptors (Lipinski definition) is 6. The molecule has 0 spiro atoms. The molecular weight excluding hydrogens is 358 g/mol. The van der Waals surface area contributed by atoms with E-state index in [2.05, 4.69) is 14.8 Å². The Hall–Kier alpha value is -3.11. The molecule has 1 aromatic carbocycles. The van der Waals surface area contributed by atoms with Gasteiger partial charge in [-0.15, -0.1) is 0 Å². The number of sulfonamides is 1. The van der Waals surface area contributed by atoms with Gasteiger partial charge >= 0.3 is 0 Å². The van der Waals surface area contributed by atoms with Crippen LogP contribution in [-0.4, -0.2) is 28.1 Å². The van der Waals surface area contributed by atoms with Crippen LogP contribution in [0.1, 0.15) is 5.69 Å². The van der Waals surface area contributed by atoms with Gasteiger partial charge in [-0.2, -0.15) is 5.10 Å². The molecule has 134 valence electrons. The molecule has 0 bridgehead atoms. The smallest absolute Gasteiger partial charge is 0.268 e. The number of rotatable bonds is 6. The summed E-state index contributed by atoms with van der Waals surface area (Å²) in [6.45, 7) is -0.0377. The van der Waals surface area contributed by atoms with Gasteiger partial charge in [0, 0.05) is 37.1 Å². The van der Waals surface area contributed by atoms with Gasteiger partial charge in [-0.3, -0.25) is 19.8 Å². The highest BCUT2D eigenvalue weighted by molar-refractivity contribution is 7.89. The first-order chi connectivity index (χ1) is 12.4. The van der Waals surface area contributed by atoms with E-state index in [1.807, 2.05) is 12.1 Å². The Morgan fingerprint density at radius 3 is 2.62 bits per heavy atom. The Morgan fingerprint density at radius 2 is 1.92 bits per heavy atom. The molecule has 2 aromatic heterocycles. The average molecular weight is 373 g/mol. The minimum absolute atomic E-state index is 0.0377. The van der Waals surface area contributed by atoms with Gasteiger partial charge in [-0.25, -0.2) is 13.1 Å². The maximum Gasteiger partial charge on any atom is 0.270 e. The van der Waals surface area contributed by atoms with Gasteiger partial charge in [0.05, 0.1) is 27.8 Å². The minimum atomic E-state index is -3.90. The average Bonchev–Trinajstić information content (AvgIpc) is 3.02. The molecule has 3 aromatic rings. The molecule has 9 nitrogen and oxygen atoms in total. The van der Waals surface area contributed by atoms with Gasteiger partial charge in [-0.1, -0.05) is 6.07 Å². The lowest BCUT2D eigenvalue weighted by atomic mass is 10.2. The second kappa shape index (κ2) is 7.02. The third-order valence-electron chi connectivity index (χ3n) is 3.69. The van der Waals surface area contributed by atoms with Gasteiger partial charge in [0.25, 0.3) is 5.69 Å². The van der Waals surface area contributed by atoms with Gasteiger partial charge in [0.15, 0.2) is 0 Å². The first-order valence-corrected chi connectivity index (χ1v) is 9.02. The molecule has 26 heavy (non-hydrogen) atoms. The highest BCUT2D eigenvalue weighted by Gasteiger charge is 2.18. The fourth-order valence-corrected chi connectivity index (χ4v) is 3.46. The largest absolute Gasteiger partial charge is 0.270 e. The fraction of sp³-hybridized carbons (Fsp3) is 0.125. The summed E-state index contributed by atoms with van der Waals surface area (Å²) in [7, 11) is -2.14. The summed E-state index contributed by atoms with van der Waals surface area (Å²) >= 11 is 0. The number of hydrogen-bond donors (Lipinski definition) is 1. The molecule has 0 aliphatic carbocycles. The summed E-state index contributed by atoms with van der Waals surface area (Å²) < 4.78 is 28.8. The van der Waals surface area contributed by atoms with Crippen LogP contribution in [0.4, 0.5) is 5.69 Å². The van der Waals surface area contributed by atoms with Crippen LogP contribution < -0.4 is 4.72 Å². The summed E-state index contributed by atoms with van der Waals surface area (Å²) in [6, 6.07) is 10.3. The van der Waals surface area contributed by atoms with Crippen molar-refractivity contribution in [2.75, 3.05) is 0 Å². The summed E-state index contributed by atoms with van der Waals surface area (Å²) in [5, 5.41) is 15.1. The van der Waals surface area contributed by atoms with Crippen molar-refractivity contribution in [2.45, 2.75) is 11.4 Å². The molecule has 0 fully saturated rings. The molecule has 2 heterocycles. The number of nitrogens with zero attached hydrogens (tertiary/aromatic N) is 4. The summed E-state index contributed by atoms with van der Waals surface area (Å²) in [5.74, 6) is 0.